The molecule has 0 saturated carbocycles. The second-order valence-electron chi connectivity index (χ2n) is 5.44. The third-order valence-corrected chi connectivity index (χ3v) is 4.03. The number of para-hydroxylation sites is 1. The van der Waals surface area contributed by atoms with Gasteiger partial charge in [-0.2, -0.15) is 0 Å². The molecular weight excluding hydrogens is 248 g/mol. The zero-order valence-corrected chi connectivity index (χ0v) is 12.0. The Morgan fingerprint density at radius 2 is 1.65 bits per heavy atom. The maximum absolute atomic E-state index is 6.20. The van der Waals surface area contributed by atoms with Crippen molar-refractivity contribution in [2.45, 2.75) is 32.7 Å². The van der Waals surface area contributed by atoms with Crippen molar-refractivity contribution in [2.24, 2.45) is 5.92 Å². The standard InChI is InChI=1S/C18H20O2/c1-13-14(2)20-17-11-7-6-10-16(17)18(13)19-12-15-8-4-3-5-9-15/h3-11,13-14,18H,12H2,1-2H3/t13-,14+,18-/m1/s1. The van der Waals surface area contributed by atoms with E-state index in [1.807, 2.05) is 36.4 Å². The van der Waals surface area contributed by atoms with Gasteiger partial charge in [0.1, 0.15) is 11.9 Å². The summed E-state index contributed by atoms with van der Waals surface area (Å²) >= 11 is 0. The number of ether oxygens (including phenoxy) is 2. The summed E-state index contributed by atoms with van der Waals surface area (Å²) < 4.78 is 12.1. The Morgan fingerprint density at radius 1 is 0.950 bits per heavy atom. The van der Waals surface area contributed by atoms with Gasteiger partial charge in [0, 0.05) is 11.5 Å². The maximum atomic E-state index is 6.20. The molecule has 0 N–H and O–H groups in total. The molecule has 0 unspecified atom stereocenters. The molecule has 1 aliphatic heterocycles. The quantitative estimate of drug-likeness (QED) is 0.823. The predicted molar refractivity (Wildman–Crippen MR) is 79.7 cm³/mol. The van der Waals surface area contributed by atoms with Gasteiger partial charge in [0.15, 0.2) is 0 Å². The summed E-state index contributed by atoms with van der Waals surface area (Å²) in [5, 5.41) is 0. The van der Waals surface area contributed by atoms with E-state index in [0.717, 1.165) is 11.3 Å². The molecule has 0 spiro atoms. The number of fused-ring (bicyclic) bond motifs is 1. The van der Waals surface area contributed by atoms with Gasteiger partial charge in [-0.25, -0.2) is 0 Å². The molecule has 2 nitrogen and oxygen atoms in total. The SMILES string of the molecule is C[C@@H]1[C@H](C)Oc2ccccc2[C@@H]1OCc1ccccc1. The molecular formula is C18H20O2. The Kier molecular flexibility index (Phi) is 3.75. The van der Waals surface area contributed by atoms with E-state index in [1.165, 1.54) is 5.56 Å². The number of hydrogen-bond donors (Lipinski definition) is 0. The van der Waals surface area contributed by atoms with Crippen LogP contribution in [0.1, 0.15) is 31.1 Å². The lowest BCUT2D eigenvalue weighted by Crippen LogP contribution is -2.33. The highest BCUT2D eigenvalue weighted by Crippen LogP contribution is 2.40. The number of rotatable bonds is 3. The van der Waals surface area contributed by atoms with Crippen LogP contribution in [0, 0.1) is 5.92 Å². The van der Waals surface area contributed by atoms with Crippen molar-refractivity contribution in [1.82, 2.24) is 0 Å². The lowest BCUT2D eigenvalue weighted by Gasteiger charge is -2.36. The van der Waals surface area contributed by atoms with Crippen molar-refractivity contribution >= 4 is 0 Å². The predicted octanol–water partition coefficient (Wildman–Crippen LogP) is 4.36. The van der Waals surface area contributed by atoms with Gasteiger partial charge in [-0.05, 0) is 18.6 Å². The van der Waals surface area contributed by atoms with E-state index in [4.69, 9.17) is 9.47 Å². The fourth-order valence-electron chi connectivity index (χ4n) is 2.66. The Hall–Kier alpha value is -1.80. The van der Waals surface area contributed by atoms with Gasteiger partial charge in [-0.3, -0.25) is 0 Å². The second-order valence-corrected chi connectivity index (χ2v) is 5.44. The van der Waals surface area contributed by atoms with Crippen molar-refractivity contribution in [1.29, 1.82) is 0 Å². The Bertz CT molecular complexity index is 565. The summed E-state index contributed by atoms with van der Waals surface area (Å²) in [6.45, 7) is 4.94. The van der Waals surface area contributed by atoms with Crippen LogP contribution in [0.5, 0.6) is 5.75 Å². The normalized spacial score (nSPS) is 24.8. The van der Waals surface area contributed by atoms with Crippen LogP contribution < -0.4 is 4.74 Å². The van der Waals surface area contributed by atoms with Gasteiger partial charge in [-0.1, -0.05) is 55.5 Å². The van der Waals surface area contributed by atoms with E-state index >= 15 is 0 Å². The Morgan fingerprint density at radius 3 is 2.45 bits per heavy atom. The summed E-state index contributed by atoms with van der Waals surface area (Å²) in [5.74, 6) is 1.30. The molecule has 20 heavy (non-hydrogen) atoms. The average Bonchev–Trinajstić information content (AvgIpc) is 2.49. The summed E-state index contributed by atoms with van der Waals surface area (Å²) in [7, 11) is 0. The molecule has 0 radical (unpaired) electrons. The van der Waals surface area contributed by atoms with E-state index in [1.54, 1.807) is 0 Å². The first-order valence-electron chi connectivity index (χ1n) is 7.17. The van der Waals surface area contributed by atoms with Crippen LogP contribution in [0.4, 0.5) is 0 Å². The molecule has 0 fully saturated rings. The van der Waals surface area contributed by atoms with Crippen molar-refractivity contribution in [3.05, 3.63) is 65.7 Å². The lowest BCUT2D eigenvalue weighted by atomic mass is 9.89. The summed E-state index contributed by atoms with van der Waals surface area (Å²) in [6.07, 6.45) is 0.265. The van der Waals surface area contributed by atoms with E-state index in [2.05, 4.69) is 32.0 Å². The molecule has 104 valence electrons. The molecule has 3 atom stereocenters. The highest BCUT2D eigenvalue weighted by molar-refractivity contribution is 5.37. The van der Waals surface area contributed by atoms with Crippen LogP contribution in [0.3, 0.4) is 0 Å². The molecule has 1 aliphatic rings. The fourth-order valence-corrected chi connectivity index (χ4v) is 2.66. The monoisotopic (exact) mass is 268 g/mol. The van der Waals surface area contributed by atoms with Crippen LogP contribution >= 0.6 is 0 Å². The van der Waals surface area contributed by atoms with E-state index in [0.29, 0.717) is 12.5 Å². The molecule has 0 aliphatic carbocycles. The zero-order valence-electron chi connectivity index (χ0n) is 12.0. The summed E-state index contributed by atoms with van der Waals surface area (Å²) in [6, 6.07) is 18.5. The van der Waals surface area contributed by atoms with Gasteiger partial charge >= 0.3 is 0 Å². The minimum absolute atomic E-state index is 0.0927. The van der Waals surface area contributed by atoms with Crippen molar-refractivity contribution < 1.29 is 9.47 Å². The molecule has 0 bridgehead atoms. The number of hydrogen-bond acceptors (Lipinski definition) is 2. The number of benzene rings is 2. The van der Waals surface area contributed by atoms with Crippen molar-refractivity contribution in [3.8, 4) is 5.75 Å². The highest BCUT2D eigenvalue weighted by atomic mass is 16.5. The smallest absolute Gasteiger partial charge is 0.125 e. The third kappa shape index (κ3) is 2.56. The minimum atomic E-state index is 0.0927. The first-order chi connectivity index (χ1) is 9.75. The van der Waals surface area contributed by atoms with Crippen molar-refractivity contribution in [2.75, 3.05) is 0 Å². The van der Waals surface area contributed by atoms with Gasteiger partial charge < -0.3 is 9.47 Å². The van der Waals surface area contributed by atoms with Gasteiger partial charge in [0.25, 0.3) is 0 Å². The summed E-state index contributed by atoms with van der Waals surface area (Å²) in [5.41, 5.74) is 2.37. The van der Waals surface area contributed by atoms with E-state index in [9.17, 15) is 0 Å². The second kappa shape index (κ2) is 5.68. The topological polar surface area (TPSA) is 18.5 Å². The highest BCUT2D eigenvalue weighted by Gasteiger charge is 2.33. The van der Waals surface area contributed by atoms with Crippen LogP contribution in [-0.2, 0) is 11.3 Å². The molecule has 0 saturated heterocycles. The van der Waals surface area contributed by atoms with Gasteiger partial charge in [0.05, 0.1) is 12.7 Å². The Labute approximate surface area is 120 Å². The molecule has 0 amide bonds. The van der Waals surface area contributed by atoms with Crippen LogP contribution in [0.25, 0.3) is 0 Å². The molecule has 1 heterocycles. The van der Waals surface area contributed by atoms with Crippen LogP contribution in [-0.4, -0.2) is 6.10 Å². The fraction of sp³-hybridized carbons (Fsp3) is 0.333. The molecule has 2 heteroatoms. The average molecular weight is 268 g/mol. The lowest BCUT2D eigenvalue weighted by molar-refractivity contribution is -0.0463. The molecule has 3 rings (SSSR count). The largest absolute Gasteiger partial charge is 0.490 e. The molecule has 2 aromatic rings. The first-order valence-corrected chi connectivity index (χ1v) is 7.17. The maximum Gasteiger partial charge on any atom is 0.125 e. The van der Waals surface area contributed by atoms with Gasteiger partial charge in [-0.15, -0.1) is 0 Å². The molecule has 0 aromatic heterocycles. The zero-order chi connectivity index (χ0) is 13.9. The molecule has 2 aromatic carbocycles. The van der Waals surface area contributed by atoms with Crippen molar-refractivity contribution in [3.63, 3.8) is 0 Å². The first kappa shape index (κ1) is 13.2. The van der Waals surface area contributed by atoms with E-state index < -0.39 is 0 Å². The van der Waals surface area contributed by atoms with Crippen LogP contribution in [0.2, 0.25) is 0 Å². The van der Waals surface area contributed by atoms with Gasteiger partial charge in [0.2, 0.25) is 0 Å². The third-order valence-electron chi connectivity index (χ3n) is 4.03. The van der Waals surface area contributed by atoms with E-state index in [-0.39, 0.29) is 12.2 Å². The Balaban J connectivity index is 1.81. The van der Waals surface area contributed by atoms with Crippen LogP contribution in [0.15, 0.2) is 54.6 Å². The minimum Gasteiger partial charge on any atom is -0.490 e. The summed E-state index contributed by atoms with van der Waals surface area (Å²) in [4.78, 5) is 0.